The fourth-order valence-electron chi connectivity index (χ4n) is 3.71. The number of aromatic amines is 1. The Kier molecular flexibility index (Phi) is 19.3. The van der Waals surface area contributed by atoms with Gasteiger partial charge in [-0.1, -0.05) is 5.21 Å². The molecule has 21 heteroatoms. The Morgan fingerprint density at radius 2 is 1.39 bits per heavy atom. The first-order valence-electron chi connectivity index (χ1n) is 14.5. The van der Waals surface area contributed by atoms with Gasteiger partial charge in [-0.3, -0.25) is 23.9 Å². The maximum Gasteiger partial charge on any atom is 0.326 e. The van der Waals surface area contributed by atoms with Gasteiger partial charge in [-0.05, 0) is 32.6 Å². The van der Waals surface area contributed by atoms with Crippen molar-refractivity contribution < 1.29 is 56.9 Å². The number of amides is 4. The number of hydrogen-bond acceptors (Lipinski definition) is 13. The summed E-state index contributed by atoms with van der Waals surface area (Å²) in [4.78, 5) is 71.5. The summed E-state index contributed by atoms with van der Waals surface area (Å²) in [6.07, 6.45) is -1.41. The Balaban J connectivity index is 2.36. The van der Waals surface area contributed by atoms with Crippen LogP contribution in [0.1, 0.15) is 64.1 Å². The first kappa shape index (κ1) is 39.8. The standard InChI is InChI=1S/C25H42N8O12S/c1-2-44-14-15-45-13-12-26-20(34)10-8-17(24(38)39)28-22(36)11-9-18(25(40)41)27-21(35)7-4-16-46(42,43)31-23(37)6-3-5-19-29-32-33-30-19/h17-18H,2-16H2,1H3,(H,26,34)(H,27,35)(H,28,36)(H,31,37)(H,38,39)(H,40,41)(H,29,30,32,33). The Bertz CT molecular complexity index is 1230. The highest BCUT2D eigenvalue weighted by atomic mass is 32.2. The van der Waals surface area contributed by atoms with E-state index in [1.165, 1.54) is 0 Å². The van der Waals surface area contributed by atoms with E-state index in [1.54, 1.807) is 0 Å². The molecule has 260 valence electrons. The summed E-state index contributed by atoms with van der Waals surface area (Å²) in [5.74, 6) is -5.87. The predicted molar refractivity (Wildman–Crippen MR) is 156 cm³/mol. The van der Waals surface area contributed by atoms with E-state index in [4.69, 9.17) is 9.47 Å². The zero-order valence-corrected chi connectivity index (χ0v) is 26.3. The van der Waals surface area contributed by atoms with Gasteiger partial charge in [0.2, 0.25) is 33.7 Å². The molecule has 4 amide bonds. The first-order valence-corrected chi connectivity index (χ1v) is 16.2. The van der Waals surface area contributed by atoms with Crippen LogP contribution in [0, 0.1) is 0 Å². The molecule has 1 aromatic rings. The molecular weight excluding hydrogens is 636 g/mol. The van der Waals surface area contributed by atoms with Crippen molar-refractivity contribution in [3.8, 4) is 0 Å². The number of carbonyl (C=O) groups is 6. The third-order valence-electron chi connectivity index (χ3n) is 6.01. The topological polar surface area (TPSA) is 298 Å². The Labute approximate surface area is 265 Å². The molecule has 0 fully saturated rings. The summed E-state index contributed by atoms with van der Waals surface area (Å²) in [6, 6.07) is -2.93. The number of nitrogens with one attached hydrogen (secondary N) is 5. The molecule has 0 saturated heterocycles. The highest BCUT2D eigenvalue weighted by molar-refractivity contribution is 7.90. The number of aryl methyl sites for hydroxylation is 1. The number of ether oxygens (including phenoxy) is 2. The number of aliphatic carboxylic acids is 2. The molecular formula is C25H42N8O12S. The number of H-pyrrole nitrogens is 1. The molecule has 1 rings (SSSR count). The SMILES string of the molecule is CCOCCOCCNC(=O)CCC(NC(=O)CCC(NC(=O)CCCS(=O)(=O)NC(=O)CCCc1nn[nH]n1)C(=O)O)C(=O)O. The van der Waals surface area contributed by atoms with Gasteiger partial charge in [0.1, 0.15) is 12.1 Å². The third-order valence-corrected chi connectivity index (χ3v) is 7.38. The number of carboxylic acids is 2. The Hall–Kier alpha value is -4.24. The molecule has 0 aliphatic rings. The van der Waals surface area contributed by atoms with E-state index in [2.05, 4.69) is 36.6 Å². The van der Waals surface area contributed by atoms with Crippen LogP contribution in [-0.2, 0) is 54.7 Å². The largest absolute Gasteiger partial charge is 0.480 e. The zero-order valence-electron chi connectivity index (χ0n) is 25.5. The molecule has 7 N–H and O–H groups in total. The fraction of sp³-hybridized carbons (Fsp3) is 0.720. The lowest BCUT2D eigenvalue weighted by molar-refractivity contribution is -0.143. The predicted octanol–water partition coefficient (Wildman–Crippen LogP) is -2.38. The number of tetrazole rings is 1. The van der Waals surface area contributed by atoms with Gasteiger partial charge in [0.25, 0.3) is 0 Å². The summed E-state index contributed by atoms with van der Waals surface area (Å²) in [5, 5.41) is 38.8. The smallest absolute Gasteiger partial charge is 0.326 e. The van der Waals surface area contributed by atoms with Crippen molar-refractivity contribution in [3.63, 3.8) is 0 Å². The van der Waals surface area contributed by atoms with Gasteiger partial charge in [-0.2, -0.15) is 5.21 Å². The van der Waals surface area contributed by atoms with Crippen LogP contribution in [0.15, 0.2) is 0 Å². The monoisotopic (exact) mass is 678 g/mol. The number of sulfonamides is 1. The molecule has 46 heavy (non-hydrogen) atoms. The van der Waals surface area contributed by atoms with E-state index >= 15 is 0 Å². The van der Waals surface area contributed by atoms with Crippen molar-refractivity contribution >= 4 is 45.6 Å². The first-order chi connectivity index (χ1) is 21.8. The van der Waals surface area contributed by atoms with Crippen LogP contribution in [0.3, 0.4) is 0 Å². The normalized spacial score (nSPS) is 12.5. The molecule has 20 nitrogen and oxygen atoms in total. The van der Waals surface area contributed by atoms with E-state index in [-0.39, 0.29) is 58.1 Å². The van der Waals surface area contributed by atoms with Gasteiger partial charge in [0, 0.05) is 45.3 Å². The molecule has 0 bridgehead atoms. The van der Waals surface area contributed by atoms with Gasteiger partial charge in [-0.15, -0.1) is 10.2 Å². The molecule has 0 aliphatic carbocycles. The molecule has 0 radical (unpaired) electrons. The Morgan fingerprint density at radius 3 is 1.98 bits per heavy atom. The minimum Gasteiger partial charge on any atom is -0.480 e. The number of hydrogen-bond donors (Lipinski definition) is 7. The van der Waals surface area contributed by atoms with Crippen molar-refractivity contribution in [2.45, 2.75) is 76.8 Å². The molecule has 0 spiro atoms. The molecule has 0 aliphatic heterocycles. The Morgan fingerprint density at radius 1 is 0.804 bits per heavy atom. The molecule has 1 aromatic heterocycles. The highest BCUT2D eigenvalue weighted by Crippen LogP contribution is 2.05. The van der Waals surface area contributed by atoms with Crippen LogP contribution in [0.4, 0.5) is 0 Å². The number of carbonyl (C=O) groups excluding carboxylic acids is 4. The molecule has 0 saturated carbocycles. The van der Waals surface area contributed by atoms with E-state index in [9.17, 15) is 47.4 Å². The maximum absolute atomic E-state index is 12.3. The molecule has 2 atom stereocenters. The summed E-state index contributed by atoms with van der Waals surface area (Å²) >= 11 is 0. The van der Waals surface area contributed by atoms with Crippen LogP contribution in [0.2, 0.25) is 0 Å². The number of aromatic nitrogens is 4. The summed E-state index contributed by atoms with van der Waals surface area (Å²) in [7, 11) is -4.05. The van der Waals surface area contributed by atoms with Crippen molar-refractivity contribution in [1.82, 2.24) is 41.3 Å². The maximum atomic E-state index is 12.3. The summed E-state index contributed by atoms with van der Waals surface area (Å²) in [5.41, 5.74) is 0. The lowest BCUT2D eigenvalue weighted by Gasteiger charge is -2.17. The lowest BCUT2D eigenvalue weighted by atomic mass is 10.1. The summed E-state index contributed by atoms with van der Waals surface area (Å²) in [6.45, 7) is 3.63. The molecule has 0 aromatic carbocycles. The van der Waals surface area contributed by atoms with Gasteiger partial charge in [0.05, 0.1) is 25.6 Å². The average molecular weight is 679 g/mol. The second-order valence-electron chi connectivity index (χ2n) is 9.78. The summed E-state index contributed by atoms with van der Waals surface area (Å²) < 4.78 is 36.5. The quantitative estimate of drug-likeness (QED) is 0.0503. The highest BCUT2D eigenvalue weighted by Gasteiger charge is 2.25. The van der Waals surface area contributed by atoms with E-state index in [0.29, 0.717) is 32.1 Å². The van der Waals surface area contributed by atoms with Crippen LogP contribution >= 0.6 is 0 Å². The second kappa shape index (κ2) is 22.3. The number of rotatable bonds is 26. The average Bonchev–Trinajstić information content (AvgIpc) is 3.49. The van der Waals surface area contributed by atoms with Gasteiger partial charge >= 0.3 is 11.9 Å². The number of carboxylic acid groups (broad SMARTS) is 2. The fourth-order valence-corrected chi connectivity index (χ4v) is 4.78. The van der Waals surface area contributed by atoms with Crippen LogP contribution in [0.5, 0.6) is 0 Å². The van der Waals surface area contributed by atoms with Gasteiger partial charge < -0.3 is 35.6 Å². The van der Waals surface area contributed by atoms with E-state index < -0.39 is 69.8 Å². The zero-order chi connectivity index (χ0) is 34.4. The lowest BCUT2D eigenvalue weighted by Crippen LogP contribution is -2.44. The van der Waals surface area contributed by atoms with Crippen molar-refractivity contribution in [2.75, 3.05) is 38.7 Å². The van der Waals surface area contributed by atoms with E-state index in [0.717, 1.165) is 0 Å². The second-order valence-corrected chi connectivity index (χ2v) is 11.6. The van der Waals surface area contributed by atoms with E-state index in [1.807, 2.05) is 11.6 Å². The van der Waals surface area contributed by atoms with Crippen LogP contribution in [0.25, 0.3) is 0 Å². The molecule has 1 heterocycles. The van der Waals surface area contributed by atoms with Gasteiger partial charge in [0.15, 0.2) is 5.82 Å². The van der Waals surface area contributed by atoms with Crippen molar-refractivity contribution in [2.24, 2.45) is 0 Å². The van der Waals surface area contributed by atoms with Gasteiger partial charge in [-0.25, -0.2) is 18.0 Å². The third kappa shape index (κ3) is 19.2. The minimum atomic E-state index is -4.05. The minimum absolute atomic E-state index is 0.114. The van der Waals surface area contributed by atoms with Crippen LogP contribution in [-0.4, -0.2) is 126 Å². The number of nitrogens with zero attached hydrogens (tertiary/aromatic N) is 3. The van der Waals surface area contributed by atoms with Crippen molar-refractivity contribution in [1.29, 1.82) is 0 Å². The van der Waals surface area contributed by atoms with Crippen molar-refractivity contribution in [3.05, 3.63) is 5.82 Å². The van der Waals surface area contributed by atoms with Crippen LogP contribution < -0.4 is 20.7 Å². The molecule has 2 unspecified atom stereocenters.